The topological polar surface area (TPSA) is 67.7 Å². The summed E-state index contributed by atoms with van der Waals surface area (Å²) in [4.78, 5) is 9.20. The molecule has 2 aromatic heterocycles. The summed E-state index contributed by atoms with van der Waals surface area (Å²) < 4.78 is 1.71. The van der Waals surface area contributed by atoms with Crippen molar-refractivity contribution in [2.75, 3.05) is 10.6 Å². The summed E-state index contributed by atoms with van der Waals surface area (Å²) in [6.45, 7) is 1.95. The highest BCUT2D eigenvalue weighted by Gasteiger charge is 2.12. The number of aryl methyl sites for hydroxylation is 2. The lowest BCUT2D eigenvalue weighted by molar-refractivity contribution is 0.786. The first-order chi connectivity index (χ1) is 13.0. The molecule has 2 N–H and O–H groups in total. The zero-order valence-electron chi connectivity index (χ0n) is 14.7. The van der Waals surface area contributed by atoms with Crippen LogP contribution in [0.4, 0.5) is 23.1 Å². The van der Waals surface area contributed by atoms with E-state index in [4.69, 9.17) is 23.2 Å². The Bertz CT molecular complexity index is 1140. The van der Waals surface area contributed by atoms with Crippen molar-refractivity contribution in [2.45, 2.75) is 6.92 Å². The van der Waals surface area contributed by atoms with Gasteiger partial charge in [0.15, 0.2) is 5.65 Å². The molecular formula is C19H16Cl2N6. The van der Waals surface area contributed by atoms with Crippen LogP contribution in [-0.2, 0) is 7.05 Å². The van der Waals surface area contributed by atoms with Crippen molar-refractivity contribution in [3.8, 4) is 0 Å². The lowest BCUT2D eigenvalue weighted by Crippen LogP contribution is -2.03. The van der Waals surface area contributed by atoms with Crippen LogP contribution >= 0.6 is 23.2 Å². The molecule has 0 amide bonds. The summed E-state index contributed by atoms with van der Waals surface area (Å²) in [5, 5.41) is 13.0. The molecule has 0 bridgehead atoms. The number of nitrogens with zero attached hydrogens (tertiary/aromatic N) is 4. The lowest BCUT2D eigenvalue weighted by atomic mass is 10.2. The zero-order chi connectivity index (χ0) is 19.0. The lowest BCUT2D eigenvalue weighted by Gasteiger charge is -2.11. The third-order valence-electron chi connectivity index (χ3n) is 4.09. The Morgan fingerprint density at radius 1 is 0.963 bits per heavy atom. The first kappa shape index (κ1) is 17.6. The molecule has 2 heterocycles. The first-order valence-corrected chi connectivity index (χ1v) is 9.01. The molecule has 0 saturated carbocycles. The predicted molar refractivity (Wildman–Crippen MR) is 111 cm³/mol. The van der Waals surface area contributed by atoms with Crippen LogP contribution in [0, 0.1) is 6.92 Å². The van der Waals surface area contributed by atoms with E-state index >= 15 is 0 Å². The second kappa shape index (κ2) is 7.06. The van der Waals surface area contributed by atoms with E-state index in [9.17, 15) is 0 Å². The zero-order valence-corrected chi connectivity index (χ0v) is 16.2. The molecule has 2 aromatic carbocycles. The quantitative estimate of drug-likeness (QED) is 0.477. The van der Waals surface area contributed by atoms with E-state index in [0.717, 1.165) is 22.3 Å². The average Bonchev–Trinajstić information content (AvgIpc) is 3.00. The van der Waals surface area contributed by atoms with Gasteiger partial charge < -0.3 is 10.6 Å². The van der Waals surface area contributed by atoms with Crippen LogP contribution in [0.15, 0.2) is 48.7 Å². The molecule has 8 heteroatoms. The smallest absolute Gasteiger partial charge is 0.231 e. The maximum atomic E-state index is 6.10. The molecule has 4 rings (SSSR count). The van der Waals surface area contributed by atoms with Gasteiger partial charge >= 0.3 is 0 Å². The third-order valence-corrected chi connectivity index (χ3v) is 4.75. The highest BCUT2D eigenvalue weighted by molar-refractivity contribution is 6.31. The van der Waals surface area contributed by atoms with Crippen LogP contribution in [0.25, 0.3) is 11.0 Å². The Kier molecular flexibility index (Phi) is 4.59. The van der Waals surface area contributed by atoms with Crippen molar-refractivity contribution in [1.29, 1.82) is 0 Å². The highest BCUT2D eigenvalue weighted by atomic mass is 35.5. The van der Waals surface area contributed by atoms with Gasteiger partial charge in [-0.2, -0.15) is 15.1 Å². The summed E-state index contributed by atoms with van der Waals surface area (Å²) in [7, 11) is 1.84. The molecule has 4 aromatic rings. The van der Waals surface area contributed by atoms with Crippen LogP contribution in [0.1, 0.15) is 5.56 Å². The standard InChI is InChI=1S/C19H16Cl2N6/c1-11-8-14(6-7-16(11)21)24-19-25-17(15-10-22-27(2)18(15)26-19)23-13-5-3-4-12(20)9-13/h3-10H,1-2H3,(H2,23,24,25,26). The highest BCUT2D eigenvalue weighted by Crippen LogP contribution is 2.28. The summed E-state index contributed by atoms with van der Waals surface area (Å²) >= 11 is 12.2. The second-order valence-electron chi connectivity index (χ2n) is 6.13. The minimum atomic E-state index is 0.456. The van der Waals surface area contributed by atoms with Crippen molar-refractivity contribution in [3.05, 3.63) is 64.3 Å². The summed E-state index contributed by atoms with van der Waals surface area (Å²) in [5.41, 5.74) is 3.37. The molecule has 0 aliphatic carbocycles. The molecule has 27 heavy (non-hydrogen) atoms. The Labute approximate surface area is 166 Å². The van der Waals surface area contributed by atoms with Gasteiger partial charge in [-0.15, -0.1) is 0 Å². The fourth-order valence-electron chi connectivity index (χ4n) is 2.73. The van der Waals surface area contributed by atoms with Crippen molar-refractivity contribution >= 4 is 57.4 Å². The molecule has 6 nitrogen and oxygen atoms in total. The van der Waals surface area contributed by atoms with Crippen molar-refractivity contribution < 1.29 is 0 Å². The van der Waals surface area contributed by atoms with Crippen molar-refractivity contribution in [3.63, 3.8) is 0 Å². The van der Waals surface area contributed by atoms with Crippen LogP contribution in [0.3, 0.4) is 0 Å². The summed E-state index contributed by atoms with van der Waals surface area (Å²) in [6, 6.07) is 13.1. The molecule has 0 unspecified atom stereocenters. The summed E-state index contributed by atoms with van der Waals surface area (Å²) in [6.07, 6.45) is 1.73. The molecular weight excluding hydrogens is 383 g/mol. The van der Waals surface area contributed by atoms with Gasteiger partial charge in [0.05, 0.1) is 11.6 Å². The fourth-order valence-corrected chi connectivity index (χ4v) is 3.04. The van der Waals surface area contributed by atoms with E-state index in [2.05, 4.69) is 25.7 Å². The van der Waals surface area contributed by atoms with E-state index in [1.54, 1.807) is 10.9 Å². The normalized spacial score (nSPS) is 11.0. The number of rotatable bonds is 4. The van der Waals surface area contributed by atoms with Crippen LogP contribution in [-0.4, -0.2) is 19.7 Å². The fraction of sp³-hybridized carbons (Fsp3) is 0.105. The number of fused-ring (bicyclic) bond motifs is 1. The average molecular weight is 399 g/mol. The minimum Gasteiger partial charge on any atom is -0.339 e. The Hall–Kier alpha value is -2.83. The third kappa shape index (κ3) is 3.67. The number of benzene rings is 2. The van der Waals surface area contributed by atoms with E-state index in [-0.39, 0.29) is 0 Å². The van der Waals surface area contributed by atoms with Gasteiger partial charge in [0.1, 0.15) is 5.82 Å². The maximum absolute atomic E-state index is 6.10. The predicted octanol–water partition coefficient (Wildman–Crippen LogP) is 5.47. The van der Waals surface area contributed by atoms with Crippen molar-refractivity contribution in [1.82, 2.24) is 19.7 Å². The molecule has 0 fully saturated rings. The monoisotopic (exact) mass is 398 g/mol. The van der Waals surface area contributed by atoms with Crippen LogP contribution in [0.2, 0.25) is 10.0 Å². The van der Waals surface area contributed by atoms with Crippen LogP contribution in [0.5, 0.6) is 0 Å². The van der Waals surface area contributed by atoms with Gasteiger partial charge in [-0.25, -0.2) is 0 Å². The number of hydrogen-bond donors (Lipinski definition) is 2. The number of aromatic nitrogens is 4. The Balaban J connectivity index is 1.75. The van der Waals surface area contributed by atoms with Gasteiger partial charge in [0.2, 0.25) is 5.95 Å². The van der Waals surface area contributed by atoms with Gasteiger partial charge in [-0.3, -0.25) is 4.68 Å². The largest absolute Gasteiger partial charge is 0.339 e. The Morgan fingerprint density at radius 3 is 2.56 bits per heavy atom. The van der Waals surface area contributed by atoms with Crippen molar-refractivity contribution in [2.24, 2.45) is 7.05 Å². The van der Waals surface area contributed by atoms with E-state index in [0.29, 0.717) is 27.5 Å². The second-order valence-corrected chi connectivity index (χ2v) is 6.97. The minimum absolute atomic E-state index is 0.456. The maximum Gasteiger partial charge on any atom is 0.231 e. The molecule has 0 saturated heterocycles. The van der Waals surface area contributed by atoms with Gasteiger partial charge in [0, 0.05) is 28.5 Å². The van der Waals surface area contributed by atoms with E-state index in [1.807, 2.05) is 56.4 Å². The van der Waals surface area contributed by atoms with Gasteiger partial charge in [0.25, 0.3) is 0 Å². The molecule has 136 valence electrons. The van der Waals surface area contributed by atoms with Gasteiger partial charge in [-0.05, 0) is 48.9 Å². The molecule has 0 spiro atoms. The van der Waals surface area contributed by atoms with E-state index < -0.39 is 0 Å². The molecule has 0 radical (unpaired) electrons. The number of halogens is 2. The molecule has 0 aliphatic heterocycles. The van der Waals surface area contributed by atoms with E-state index in [1.165, 1.54) is 0 Å². The van der Waals surface area contributed by atoms with Gasteiger partial charge in [-0.1, -0.05) is 29.3 Å². The summed E-state index contributed by atoms with van der Waals surface area (Å²) in [5.74, 6) is 1.10. The van der Waals surface area contributed by atoms with Crippen LogP contribution < -0.4 is 10.6 Å². The SMILES string of the molecule is Cc1cc(Nc2nc(Nc3cccc(Cl)c3)c3cnn(C)c3n2)ccc1Cl. The number of nitrogens with one attached hydrogen (secondary N) is 2. The molecule has 0 atom stereocenters. The number of anilines is 4. The Morgan fingerprint density at radius 2 is 1.78 bits per heavy atom. The number of hydrogen-bond acceptors (Lipinski definition) is 5. The first-order valence-electron chi connectivity index (χ1n) is 8.25. The molecule has 0 aliphatic rings.